The van der Waals surface area contributed by atoms with Gasteiger partial charge in [0.15, 0.2) is 0 Å². The molecule has 10 nitrogen and oxygen atoms in total. The van der Waals surface area contributed by atoms with E-state index >= 15 is 0 Å². The van der Waals surface area contributed by atoms with E-state index in [1.165, 1.54) is 0 Å². The topological polar surface area (TPSA) is 110 Å². The maximum atomic E-state index is 14.6. The molecule has 2 amide bonds. The van der Waals surface area contributed by atoms with Gasteiger partial charge in [-0.15, -0.1) is 6.58 Å². The van der Waals surface area contributed by atoms with Gasteiger partial charge in [-0.2, -0.15) is 0 Å². The number of benzene rings is 2. The standard InChI is InChI=1S/C39H48N4O6/c1-6-27-23-39(27,38(46)48-7-2)41-36(44)33-21-29(24-43(33)37(45)35(25(3)4)42-18-12-9-13-19-42)49-34-22-31(26-14-10-8-11-15-26)40-32-20-28(47-5)16-17-30(32)34/h6,8,10-11,14-17,20,22,25,27,29,33,35H,1,7,9,12-13,18-19,21,23-24H2,2-5H3,(H,41,44)/t27?,29-,33+,35?,39?/m1/s1. The summed E-state index contributed by atoms with van der Waals surface area (Å²) in [4.78, 5) is 50.8. The predicted molar refractivity (Wildman–Crippen MR) is 188 cm³/mol. The van der Waals surface area contributed by atoms with E-state index in [9.17, 15) is 14.4 Å². The van der Waals surface area contributed by atoms with Gasteiger partial charge >= 0.3 is 5.97 Å². The summed E-state index contributed by atoms with van der Waals surface area (Å²) in [5, 5.41) is 3.81. The predicted octanol–water partition coefficient (Wildman–Crippen LogP) is 5.39. The van der Waals surface area contributed by atoms with Crippen molar-refractivity contribution in [1.82, 2.24) is 20.1 Å². The summed E-state index contributed by atoms with van der Waals surface area (Å²) < 4.78 is 17.6. The SMILES string of the molecule is C=CC1CC1(NC(=O)[C@@H]1C[C@@H](Oc2cc(-c3ccccc3)nc3cc(OC)ccc23)CN1C(=O)C(C(C)C)N1CCCCC1)C(=O)OCC. The van der Waals surface area contributed by atoms with Gasteiger partial charge in [-0.05, 0) is 57.3 Å². The number of pyridine rings is 1. The highest BCUT2D eigenvalue weighted by Crippen LogP contribution is 2.46. The number of rotatable bonds is 12. The Morgan fingerprint density at radius 3 is 2.49 bits per heavy atom. The molecule has 2 saturated heterocycles. The van der Waals surface area contributed by atoms with Crippen molar-refractivity contribution in [2.75, 3.05) is 33.4 Å². The fourth-order valence-electron chi connectivity index (χ4n) is 7.51. The van der Waals surface area contributed by atoms with Gasteiger partial charge in [-0.3, -0.25) is 14.5 Å². The minimum Gasteiger partial charge on any atom is -0.497 e. The van der Waals surface area contributed by atoms with E-state index in [2.05, 4.69) is 30.6 Å². The molecule has 3 heterocycles. The number of hydrogen-bond acceptors (Lipinski definition) is 8. The second-order valence-corrected chi connectivity index (χ2v) is 13.7. The van der Waals surface area contributed by atoms with E-state index in [0.717, 1.165) is 49.0 Å². The molecule has 3 aliphatic rings. The van der Waals surface area contributed by atoms with Crippen molar-refractivity contribution >= 4 is 28.7 Å². The summed E-state index contributed by atoms with van der Waals surface area (Å²) in [5.41, 5.74) is 1.21. The fourth-order valence-corrected chi connectivity index (χ4v) is 7.51. The molecule has 3 aromatic rings. The van der Waals surface area contributed by atoms with E-state index in [0.29, 0.717) is 23.4 Å². The highest BCUT2D eigenvalue weighted by Gasteiger charge is 2.62. The first-order chi connectivity index (χ1) is 23.7. The lowest BCUT2D eigenvalue weighted by Gasteiger charge is -2.39. The summed E-state index contributed by atoms with van der Waals surface area (Å²) in [5.74, 6) is 0.154. The third-order valence-electron chi connectivity index (χ3n) is 10.1. The molecule has 3 unspecified atom stereocenters. The number of piperidine rings is 1. The minimum absolute atomic E-state index is 0.0429. The Bertz CT molecular complexity index is 1690. The fraction of sp³-hybridized carbons (Fsp3) is 0.487. The van der Waals surface area contributed by atoms with Gasteiger partial charge in [-0.1, -0.05) is 56.7 Å². The zero-order valence-corrected chi connectivity index (χ0v) is 29.0. The van der Waals surface area contributed by atoms with Crippen LogP contribution in [0.3, 0.4) is 0 Å². The number of methoxy groups -OCH3 is 1. The Hall–Kier alpha value is -4.44. The molecule has 5 atom stereocenters. The summed E-state index contributed by atoms with van der Waals surface area (Å²) in [6.45, 7) is 11.9. The average Bonchev–Trinajstić information content (AvgIpc) is 3.67. The molecule has 1 N–H and O–H groups in total. The number of likely N-dealkylation sites (tertiary alicyclic amines) is 2. The van der Waals surface area contributed by atoms with Gasteiger partial charge in [-0.25, -0.2) is 9.78 Å². The number of hydrogen-bond donors (Lipinski definition) is 1. The molecule has 10 heteroatoms. The Kier molecular flexibility index (Phi) is 10.2. The quantitative estimate of drug-likeness (QED) is 0.202. The molecule has 6 rings (SSSR count). The summed E-state index contributed by atoms with van der Waals surface area (Å²) in [6, 6.07) is 16.3. The van der Waals surface area contributed by atoms with Crippen molar-refractivity contribution in [3.8, 4) is 22.8 Å². The van der Waals surface area contributed by atoms with Crippen molar-refractivity contribution in [1.29, 1.82) is 0 Å². The lowest BCUT2D eigenvalue weighted by atomic mass is 9.97. The second kappa shape index (κ2) is 14.6. The number of carbonyl (C=O) groups is 3. The van der Waals surface area contributed by atoms with Crippen LogP contribution >= 0.6 is 0 Å². The van der Waals surface area contributed by atoms with Crippen molar-refractivity contribution in [2.24, 2.45) is 11.8 Å². The van der Waals surface area contributed by atoms with Gasteiger partial charge < -0.3 is 24.4 Å². The van der Waals surface area contributed by atoms with E-state index in [-0.39, 0.29) is 49.3 Å². The van der Waals surface area contributed by atoms with Gasteiger partial charge in [0.25, 0.3) is 0 Å². The summed E-state index contributed by atoms with van der Waals surface area (Å²) in [7, 11) is 1.62. The highest BCUT2D eigenvalue weighted by molar-refractivity contribution is 5.96. The number of esters is 1. The second-order valence-electron chi connectivity index (χ2n) is 13.7. The van der Waals surface area contributed by atoms with Crippen LogP contribution in [-0.2, 0) is 19.1 Å². The first kappa shape index (κ1) is 34.4. The lowest BCUT2D eigenvalue weighted by molar-refractivity contribution is -0.150. The molecule has 2 aromatic carbocycles. The Morgan fingerprint density at radius 1 is 1.08 bits per heavy atom. The molecule has 2 aliphatic heterocycles. The van der Waals surface area contributed by atoms with Crippen molar-refractivity contribution < 1.29 is 28.6 Å². The van der Waals surface area contributed by atoms with Crippen LogP contribution in [0, 0.1) is 11.8 Å². The van der Waals surface area contributed by atoms with Crippen molar-refractivity contribution in [2.45, 2.75) is 76.6 Å². The zero-order chi connectivity index (χ0) is 34.7. The maximum Gasteiger partial charge on any atom is 0.332 e. The number of fused-ring (bicyclic) bond motifs is 1. The molecule has 0 bridgehead atoms. The van der Waals surface area contributed by atoms with Crippen molar-refractivity contribution in [3.05, 3.63) is 67.3 Å². The molecule has 49 heavy (non-hydrogen) atoms. The largest absolute Gasteiger partial charge is 0.497 e. The molecular weight excluding hydrogens is 620 g/mol. The van der Waals surface area contributed by atoms with Crippen molar-refractivity contribution in [3.63, 3.8) is 0 Å². The molecule has 3 fully saturated rings. The number of ether oxygens (including phenoxy) is 3. The molecule has 1 aliphatic carbocycles. The number of nitrogens with zero attached hydrogens (tertiary/aromatic N) is 3. The van der Waals surface area contributed by atoms with E-state index < -0.39 is 23.7 Å². The molecule has 260 valence electrons. The Morgan fingerprint density at radius 2 is 1.84 bits per heavy atom. The average molecular weight is 669 g/mol. The number of nitrogens with one attached hydrogen (secondary N) is 1. The van der Waals surface area contributed by atoms with Crippen LogP contribution < -0.4 is 14.8 Å². The Balaban J connectivity index is 1.34. The normalized spacial score (nSPS) is 24.3. The first-order valence-corrected chi connectivity index (χ1v) is 17.6. The molecule has 0 spiro atoms. The minimum atomic E-state index is -1.17. The Labute approximate surface area is 288 Å². The third kappa shape index (κ3) is 7.02. The van der Waals surface area contributed by atoms with Gasteiger partial charge in [0.05, 0.1) is 37.5 Å². The maximum absolute atomic E-state index is 14.6. The van der Waals surface area contributed by atoms with E-state index in [1.54, 1.807) is 25.0 Å². The van der Waals surface area contributed by atoms with Crippen LogP contribution in [0.15, 0.2) is 67.3 Å². The molecular formula is C39H48N4O6. The smallest absolute Gasteiger partial charge is 0.332 e. The van der Waals surface area contributed by atoms with E-state index in [1.807, 2.05) is 54.6 Å². The first-order valence-electron chi connectivity index (χ1n) is 17.6. The van der Waals surface area contributed by atoms with Crippen LogP contribution in [-0.4, -0.2) is 89.6 Å². The molecule has 0 radical (unpaired) electrons. The van der Waals surface area contributed by atoms with Crippen LogP contribution in [0.4, 0.5) is 0 Å². The van der Waals surface area contributed by atoms with Gasteiger partial charge in [0, 0.05) is 35.4 Å². The van der Waals surface area contributed by atoms with Crippen LogP contribution in [0.25, 0.3) is 22.2 Å². The lowest BCUT2D eigenvalue weighted by Crippen LogP contribution is -2.58. The summed E-state index contributed by atoms with van der Waals surface area (Å²) >= 11 is 0. The molecule has 1 saturated carbocycles. The molecule has 1 aromatic heterocycles. The monoisotopic (exact) mass is 668 g/mol. The van der Waals surface area contributed by atoms with Crippen LogP contribution in [0.2, 0.25) is 0 Å². The zero-order valence-electron chi connectivity index (χ0n) is 29.0. The summed E-state index contributed by atoms with van der Waals surface area (Å²) in [6.07, 6.45) is 5.11. The third-order valence-corrected chi connectivity index (χ3v) is 10.1. The number of amides is 2. The highest BCUT2D eigenvalue weighted by atomic mass is 16.5. The number of carbonyl (C=O) groups excluding carboxylic acids is 3. The van der Waals surface area contributed by atoms with Crippen LogP contribution in [0.5, 0.6) is 11.5 Å². The van der Waals surface area contributed by atoms with E-state index in [4.69, 9.17) is 19.2 Å². The number of aromatic nitrogens is 1. The van der Waals surface area contributed by atoms with Gasteiger partial charge in [0.1, 0.15) is 29.2 Å². The van der Waals surface area contributed by atoms with Crippen LogP contribution in [0.1, 0.15) is 52.9 Å². The van der Waals surface area contributed by atoms with Gasteiger partial charge in [0.2, 0.25) is 11.8 Å².